The van der Waals surface area contributed by atoms with E-state index in [1.807, 2.05) is 43.3 Å². The lowest BCUT2D eigenvalue weighted by molar-refractivity contribution is 0.0699. The second kappa shape index (κ2) is 7.27. The maximum Gasteiger partial charge on any atom is 0.336 e. The fourth-order valence-corrected chi connectivity index (χ4v) is 2.73. The van der Waals surface area contributed by atoms with E-state index in [4.69, 9.17) is 9.47 Å². The number of nitrogens with zero attached hydrogens (tertiary/aromatic N) is 1. The molecule has 0 unspecified atom stereocenters. The number of benzene rings is 2. The molecule has 0 radical (unpaired) electrons. The van der Waals surface area contributed by atoms with Crippen LogP contribution in [0.25, 0.3) is 23.1 Å². The lowest BCUT2D eigenvalue weighted by atomic mass is 10.0. The molecule has 26 heavy (non-hydrogen) atoms. The molecule has 0 saturated carbocycles. The van der Waals surface area contributed by atoms with E-state index in [1.165, 1.54) is 0 Å². The van der Waals surface area contributed by atoms with Crippen LogP contribution >= 0.6 is 0 Å². The van der Waals surface area contributed by atoms with Crippen molar-refractivity contribution in [3.63, 3.8) is 0 Å². The van der Waals surface area contributed by atoms with Gasteiger partial charge in [0.15, 0.2) is 0 Å². The summed E-state index contributed by atoms with van der Waals surface area (Å²) in [7, 11) is 3.18. The van der Waals surface area contributed by atoms with Crippen molar-refractivity contribution in [1.82, 2.24) is 4.98 Å². The summed E-state index contributed by atoms with van der Waals surface area (Å²) < 4.78 is 10.5. The molecule has 0 fully saturated rings. The summed E-state index contributed by atoms with van der Waals surface area (Å²) in [6.45, 7) is 1.93. The van der Waals surface area contributed by atoms with Crippen molar-refractivity contribution in [1.29, 1.82) is 0 Å². The topological polar surface area (TPSA) is 68.7 Å². The Balaban J connectivity index is 2.05. The van der Waals surface area contributed by atoms with Gasteiger partial charge in [0.25, 0.3) is 0 Å². The molecule has 1 N–H and O–H groups in total. The molecular weight excluding hydrogens is 330 g/mol. The molecule has 0 aliphatic rings. The zero-order chi connectivity index (χ0) is 18.7. The number of hydrogen-bond acceptors (Lipinski definition) is 4. The molecule has 2 aromatic carbocycles. The van der Waals surface area contributed by atoms with E-state index in [0.717, 1.165) is 11.1 Å². The van der Waals surface area contributed by atoms with Crippen LogP contribution in [-0.4, -0.2) is 30.3 Å². The van der Waals surface area contributed by atoms with E-state index < -0.39 is 5.97 Å². The number of carbonyl (C=O) groups is 1. The van der Waals surface area contributed by atoms with Crippen molar-refractivity contribution in [3.05, 3.63) is 64.8 Å². The predicted octanol–water partition coefficient (Wildman–Crippen LogP) is 4.43. The molecule has 0 saturated heterocycles. The first-order chi connectivity index (χ1) is 12.5. The highest BCUT2D eigenvalue weighted by atomic mass is 16.5. The summed E-state index contributed by atoms with van der Waals surface area (Å²) in [6.07, 6.45) is 3.62. The highest BCUT2D eigenvalue weighted by Gasteiger charge is 2.11. The first-order valence-corrected chi connectivity index (χ1v) is 8.06. The molecule has 132 valence electrons. The Kier molecular flexibility index (Phi) is 4.89. The number of pyridine rings is 1. The minimum atomic E-state index is -0.972. The van der Waals surface area contributed by atoms with Gasteiger partial charge < -0.3 is 14.6 Å². The van der Waals surface area contributed by atoms with Gasteiger partial charge in [-0.3, -0.25) is 0 Å². The van der Waals surface area contributed by atoms with Gasteiger partial charge in [0.2, 0.25) is 0 Å². The lowest BCUT2D eigenvalue weighted by Crippen LogP contribution is -2.00. The molecule has 3 rings (SSSR count). The maximum atomic E-state index is 11.6. The number of aromatic carboxylic acids is 1. The van der Waals surface area contributed by atoms with Gasteiger partial charge in [-0.05, 0) is 48.9 Å². The van der Waals surface area contributed by atoms with Gasteiger partial charge in [-0.2, -0.15) is 0 Å². The SMILES string of the molecule is COc1cc(/C=C/c2cc(C(=O)O)c3cc(C)ccc3n2)cc(OC)c1. The first kappa shape index (κ1) is 17.5. The summed E-state index contributed by atoms with van der Waals surface area (Å²) in [5.41, 5.74) is 3.32. The van der Waals surface area contributed by atoms with Crippen LogP contribution in [-0.2, 0) is 0 Å². The maximum absolute atomic E-state index is 11.6. The summed E-state index contributed by atoms with van der Waals surface area (Å²) in [4.78, 5) is 16.2. The molecule has 1 aromatic heterocycles. The van der Waals surface area contributed by atoms with Crippen LogP contribution in [0.2, 0.25) is 0 Å². The Bertz CT molecular complexity index is 986. The quantitative estimate of drug-likeness (QED) is 0.738. The molecule has 0 atom stereocenters. The fourth-order valence-electron chi connectivity index (χ4n) is 2.73. The highest BCUT2D eigenvalue weighted by Crippen LogP contribution is 2.25. The summed E-state index contributed by atoms with van der Waals surface area (Å²) in [5, 5.41) is 10.2. The zero-order valence-electron chi connectivity index (χ0n) is 14.8. The van der Waals surface area contributed by atoms with Gasteiger partial charge in [-0.25, -0.2) is 9.78 Å². The van der Waals surface area contributed by atoms with Crippen LogP contribution < -0.4 is 9.47 Å². The molecule has 5 nitrogen and oxygen atoms in total. The van der Waals surface area contributed by atoms with Gasteiger partial charge in [0, 0.05) is 11.5 Å². The van der Waals surface area contributed by atoms with E-state index in [1.54, 1.807) is 32.4 Å². The second-order valence-corrected chi connectivity index (χ2v) is 5.90. The smallest absolute Gasteiger partial charge is 0.336 e. The van der Waals surface area contributed by atoms with Crippen LogP contribution in [0.5, 0.6) is 11.5 Å². The van der Waals surface area contributed by atoms with Gasteiger partial charge in [0.05, 0.1) is 31.0 Å². The Morgan fingerprint density at radius 3 is 2.31 bits per heavy atom. The number of carboxylic acids is 1. The van der Waals surface area contributed by atoms with Gasteiger partial charge >= 0.3 is 5.97 Å². The Labute approximate surface area is 151 Å². The highest BCUT2D eigenvalue weighted by molar-refractivity contribution is 6.03. The lowest BCUT2D eigenvalue weighted by Gasteiger charge is -2.07. The molecule has 0 spiro atoms. The van der Waals surface area contributed by atoms with Crippen LogP contribution in [0, 0.1) is 6.92 Å². The number of carboxylic acid groups (broad SMARTS) is 1. The van der Waals surface area contributed by atoms with Crippen molar-refractivity contribution in [2.24, 2.45) is 0 Å². The van der Waals surface area contributed by atoms with E-state index in [0.29, 0.717) is 28.1 Å². The van der Waals surface area contributed by atoms with Crippen molar-refractivity contribution >= 4 is 29.0 Å². The molecule has 5 heteroatoms. The third-order valence-corrected chi connectivity index (χ3v) is 4.03. The molecule has 0 amide bonds. The van der Waals surface area contributed by atoms with Crippen molar-refractivity contribution in [2.75, 3.05) is 14.2 Å². The number of ether oxygens (including phenoxy) is 2. The minimum Gasteiger partial charge on any atom is -0.497 e. The largest absolute Gasteiger partial charge is 0.497 e. The average molecular weight is 349 g/mol. The normalized spacial score (nSPS) is 11.0. The first-order valence-electron chi connectivity index (χ1n) is 8.06. The minimum absolute atomic E-state index is 0.238. The fraction of sp³-hybridized carbons (Fsp3) is 0.143. The predicted molar refractivity (Wildman–Crippen MR) is 102 cm³/mol. The monoisotopic (exact) mass is 349 g/mol. The molecule has 0 aliphatic carbocycles. The molecule has 1 heterocycles. The van der Waals surface area contributed by atoms with Crippen molar-refractivity contribution < 1.29 is 19.4 Å². The third-order valence-electron chi connectivity index (χ3n) is 4.03. The van der Waals surface area contributed by atoms with Crippen LogP contribution in [0.15, 0.2) is 42.5 Å². The van der Waals surface area contributed by atoms with Gasteiger partial charge in [0.1, 0.15) is 11.5 Å². The number of aryl methyl sites for hydroxylation is 1. The van der Waals surface area contributed by atoms with Gasteiger partial charge in [-0.1, -0.05) is 17.7 Å². The number of aromatic nitrogens is 1. The molecular formula is C21H19NO4. The van der Waals surface area contributed by atoms with Crippen molar-refractivity contribution in [3.8, 4) is 11.5 Å². The summed E-state index contributed by atoms with van der Waals surface area (Å²) >= 11 is 0. The molecule has 0 aliphatic heterocycles. The number of fused-ring (bicyclic) bond motifs is 1. The Hall–Kier alpha value is -3.34. The summed E-state index contributed by atoms with van der Waals surface area (Å²) in [6, 6.07) is 12.7. The number of methoxy groups -OCH3 is 2. The Morgan fingerprint density at radius 1 is 1.00 bits per heavy atom. The average Bonchev–Trinajstić information content (AvgIpc) is 2.65. The van der Waals surface area contributed by atoms with E-state index in [-0.39, 0.29) is 5.56 Å². The Morgan fingerprint density at radius 2 is 1.69 bits per heavy atom. The van der Waals surface area contributed by atoms with Crippen LogP contribution in [0.4, 0.5) is 0 Å². The molecule has 3 aromatic rings. The number of rotatable bonds is 5. The van der Waals surface area contributed by atoms with E-state index in [9.17, 15) is 9.90 Å². The second-order valence-electron chi connectivity index (χ2n) is 5.90. The summed E-state index contributed by atoms with van der Waals surface area (Å²) in [5.74, 6) is 0.384. The number of hydrogen-bond donors (Lipinski definition) is 1. The van der Waals surface area contributed by atoms with Crippen LogP contribution in [0.1, 0.15) is 27.2 Å². The van der Waals surface area contributed by atoms with Gasteiger partial charge in [-0.15, -0.1) is 0 Å². The van der Waals surface area contributed by atoms with Crippen molar-refractivity contribution in [2.45, 2.75) is 6.92 Å². The van der Waals surface area contributed by atoms with E-state index in [2.05, 4.69) is 4.98 Å². The zero-order valence-corrected chi connectivity index (χ0v) is 14.8. The molecule has 0 bridgehead atoms. The van der Waals surface area contributed by atoms with E-state index >= 15 is 0 Å². The standard InChI is InChI=1S/C21H19NO4/c1-13-4-7-20-18(8-13)19(21(23)24)11-15(22-20)6-5-14-9-16(25-2)12-17(10-14)26-3/h4-12H,1-3H3,(H,23,24)/b6-5+. The third kappa shape index (κ3) is 3.67. The van der Waals surface area contributed by atoms with Crippen LogP contribution in [0.3, 0.4) is 0 Å².